The minimum atomic E-state index is -0.744. The van der Waals surface area contributed by atoms with Gasteiger partial charge in [-0.3, -0.25) is 10.1 Å². The topological polar surface area (TPSA) is 67.4 Å². The molecule has 0 heterocycles. The quantitative estimate of drug-likeness (QED) is 0.852. The number of hydrogen-bond donors (Lipinski definition) is 2. The van der Waals surface area contributed by atoms with Crippen molar-refractivity contribution in [2.24, 2.45) is 0 Å². The molecule has 0 spiro atoms. The molecule has 0 fully saturated rings. The zero-order valence-electron chi connectivity index (χ0n) is 9.54. The van der Waals surface area contributed by atoms with Gasteiger partial charge in [0.1, 0.15) is 5.82 Å². The predicted octanol–water partition coefficient (Wildman–Crippen LogP) is 2.35. The number of hydrogen-bond acceptors (Lipinski definition) is 3. The number of anilines is 2. The van der Waals surface area contributed by atoms with E-state index in [0.29, 0.717) is 5.69 Å². The van der Waals surface area contributed by atoms with Crippen molar-refractivity contribution in [3.05, 3.63) is 24.0 Å². The van der Waals surface area contributed by atoms with Gasteiger partial charge in [0.05, 0.1) is 12.3 Å². The van der Waals surface area contributed by atoms with Crippen molar-refractivity contribution in [3.8, 4) is 0 Å². The van der Waals surface area contributed by atoms with E-state index in [2.05, 4.69) is 15.4 Å². The molecule has 0 saturated carbocycles. The Hall–Kier alpha value is -2.11. The van der Waals surface area contributed by atoms with Crippen molar-refractivity contribution in [2.75, 3.05) is 17.2 Å². The van der Waals surface area contributed by atoms with Crippen LogP contribution in [0.1, 0.15) is 13.8 Å². The Morgan fingerprint density at radius 2 is 2.06 bits per heavy atom. The molecule has 92 valence electrons. The lowest BCUT2D eigenvalue weighted by Crippen LogP contribution is -2.15. The van der Waals surface area contributed by atoms with Gasteiger partial charge in [-0.1, -0.05) is 0 Å². The van der Waals surface area contributed by atoms with Gasteiger partial charge < -0.3 is 10.1 Å². The molecule has 0 atom stereocenters. The van der Waals surface area contributed by atoms with Crippen LogP contribution in [0.25, 0.3) is 0 Å². The molecule has 6 heteroatoms. The highest BCUT2D eigenvalue weighted by molar-refractivity contribution is 5.91. The van der Waals surface area contributed by atoms with Gasteiger partial charge in [-0.15, -0.1) is 0 Å². The minimum absolute atomic E-state index is 0.0466. The number of amides is 2. The van der Waals surface area contributed by atoms with Crippen molar-refractivity contribution in [1.82, 2.24) is 0 Å². The summed E-state index contributed by atoms with van der Waals surface area (Å²) in [5, 5.41) is 4.72. The fraction of sp³-hybridized carbons (Fsp3) is 0.273. The third-order valence-electron chi connectivity index (χ3n) is 1.80. The van der Waals surface area contributed by atoms with Crippen LogP contribution in [0.3, 0.4) is 0 Å². The molecule has 1 rings (SSSR count). The van der Waals surface area contributed by atoms with Crippen LogP contribution < -0.4 is 10.6 Å². The van der Waals surface area contributed by atoms with E-state index in [1.165, 1.54) is 19.1 Å². The summed E-state index contributed by atoms with van der Waals surface area (Å²) in [5.74, 6) is -0.883. The normalized spacial score (nSPS) is 9.59. The molecule has 0 aliphatic heterocycles. The van der Waals surface area contributed by atoms with Gasteiger partial charge >= 0.3 is 6.09 Å². The maximum absolute atomic E-state index is 13.3. The van der Waals surface area contributed by atoms with E-state index in [-0.39, 0.29) is 18.2 Å². The Kier molecular flexibility index (Phi) is 4.45. The molecule has 0 aliphatic rings. The average Bonchev–Trinajstić information content (AvgIpc) is 2.22. The molecule has 0 radical (unpaired) electrons. The predicted molar refractivity (Wildman–Crippen MR) is 61.3 cm³/mol. The van der Waals surface area contributed by atoms with Gasteiger partial charge in [0.15, 0.2) is 0 Å². The van der Waals surface area contributed by atoms with E-state index in [1.807, 2.05) is 0 Å². The lowest BCUT2D eigenvalue weighted by molar-refractivity contribution is -0.114. The molecule has 2 N–H and O–H groups in total. The third kappa shape index (κ3) is 4.10. The molecule has 1 aromatic carbocycles. The van der Waals surface area contributed by atoms with Gasteiger partial charge in [-0.25, -0.2) is 9.18 Å². The first-order valence-corrected chi connectivity index (χ1v) is 5.04. The van der Waals surface area contributed by atoms with Gasteiger partial charge in [0, 0.05) is 12.6 Å². The monoisotopic (exact) mass is 240 g/mol. The first-order valence-electron chi connectivity index (χ1n) is 5.04. The zero-order valence-corrected chi connectivity index (χ0v) is 9.54. The van der Waals surface area contributed by atoms with Crippen molar-refractivity contribution in [2.45, 2.75) is 13.8 Å². The standard InChI is InChI=1S/C11H13FN2O3/c1-3-17-11(16)14-10-6-8(13-7(2)15)4-5-9(10)12/h4-6H,3H2,1-2H3,(H,13,15)(H,14,16). The fourth-order valence-electron chi connectivity index (χ4n) is 1.18. The van der Waals surface area contributed by atoms with E-state index >= 15 is 0 Å². The number of halogens is 1. The highest BCUT2D eigenvalue weighted by atomic mass is 19.1. The number of carbonyl (C=O) groups excluding carboxylic acids is 2. The molecule has 0 unspecified atom stereocenters. The Morgan fingerprint density at radius 3 is 2.65 bits per heavy atom. The van der Waals surface area contributed by atoms with Crippen molar-refractivity contribution < 1.29 is 18.7 Å². The molecule has 0 aliphatic carbocycles. The summed E-state index contributed by atoms with van der Waals surface area (Å²) < 4.78 is 17.9. The lowest BCUT2D eigenvalue weighted by atomic mass is 10.2. The summed E-state index contributed by atoms with van der Waals surface area (Å²) in [5.41, 5.74) is 0.348. The molecule has 0 aromatic heterocycles. The van der Waals surface area contributed by atoms with E-state index in [9.17, 15) is 14.0 Å². The zero-order chi connectivity index (χ0) is 12.8. The van der Waals surface area contributed by atoms with Gasteiger partial charge in [-0.2, -0.15) is 0 Å². The van der Waals surface area contributed by atoms with Gasteiger partial charge in [0.2, 0.25) is 5.91 Å². The molecular formula is C11H13FN2O3. The van der Waals surface area contributed by atoms with Crippen LogP contribution in [-0.4, -0.2) is 18.6 Å². The highest BCUT2D eigenvalue weighted by Gasteiger charge is 2.08. The van der Waals surface area contributed by atoms with Crippen LogP contribution in [0.15, 0.2) is 18.2 Å². The maximum atomic E-state index is 13.3. The molecule has 5 nitrogen and oxygen atoms in total. The van der Waals surface area contributed by atoms with Crippen LogP contribution in [0.5, 0.6) is 0 Å². The molecule has 17 heavy (non-hydrogen) atoms. The molecule has 2 amide bonds. The lowest BCUT2D eigenvalue weighted by Gasteiger charge is -2.08. The van der Waals surface area contributed by atoms with E-state index < -0.39 is 11.9 Å². The van der Waals surface area contributed by atoms with E-state index in [4.69, 9.17) is 0 Å². The Labute approximate surface area is 98.0 Å². The van der Waals surface area contributed by atoms with Crippen molar-refractivity contribution in [3.63, 3.8) is 0 Å². The van der Waals surface area contributed by atoms with E-state index in [1.54, 1.807) is 6.92 Å². The Balaban J connectivity index is 2.83. The number of ether oxygens (including phenoxy) is 1. The first kappa shape index (κ1) is 13.0. The summed E-state index contributed by atoms with van der Waals surface area (Å²) in [7, 11) is 0. The van der Waals surface area contributed by atoms with Crippen LogP contribution in [0.2, 0.25) is 0 Å². The fourth-order valence-corrected chi connectivity index (χ4v) is 1.18. The van der Waals surface area contributed by atoms with Gasteiger partial charge in [-0.05, 0) is 25.1 Å². The Bertz CT molecular complexity index is 435. The number of benzene rings is 1. The summed E-state index contributed by atoms with van der Waals surface area (Å²) in [6, 6.07) is 3.85. The second-order valence-corrected chi connectivity index (χ2v) is 3.22. The van der Waals surface area contributed by atoms with Crippen LogP contribution in [0.4, 0.5) is 20.6 Å². The molecule has 0 bridgehead atoms. The molecule has 0 saturated heterocycles. The van der Waals surface area contributed by atoms with Crippen LogP contribution >= 0.6 is 0 Å². The molecular weight excluding hydrogens is 227 g/mol. The Morgan fingerprint density at radius 1 is 1.35 bits per heavy atom. The second-order valence-electron chi connectivity index (χ2n) is 3.22. The first-order chi connectivity index (χ1) is 8.02. The van der Waals surface area contributed by atoms with Crippen LogP contribution in [0, 0.1) is 5.82 Å². The van der Waals surface area contributed by atoms with Crippen LogP contribution in [-0.2, 0) is 9.53 Å². The number of carbonyl (C=O) groups is 2. The summed E-state index contributed by atoms with van der Waals surface area (Å²) in [6.07, 6.45) is -0.744. The third-order valence-corrected chi connectivity index (χ3v) is 1.80. The number of nitrogens with one attached hydrogen (secondary N) is 2. The number of rotatable bonds is 3. The van der Waals surface area contributed by atoms with Crippen molar-refractivity contribution in [1.29, 1.82) is 0 Å². The summed E-state index contributed by atoms with van der Waals surface area (Å²) >= 11 is 0. The SMILES string of the molecule is CCOC(=O)Nc1cc(NC(C)=O)ccc1F. The summed E-state index contributed by atoms with van der Waals surface area (Å²) in [6.45, 7) is 3.17. The van der Waals surface area contributed by atoms with E-state index in [0.717, 1.165) is 6.07 Å². The smallest absolute Gasteiger partial charge is 0.411 e. The van der Waals surface area contributed by atoms with Gasteiger partial charge in [0.25, 0.3) is 0 Å². The second kappa shape index (κ2) is 5.83. The maximum Gasteiger partial charge on any atom is 0.411 e. The summed E-state index contributed by atoms with van der Waals surface area (Å²) in [4.78, 5) is 21.9. The average molecular weight is 240 g/mol. The largest absolute Gasteiger partial charge is 0.450 e. The molecule has 1 aromatic rings. The minimum Gasteiger partial charge on any atom is -0.450 e. The highest BCUT2D eigenvalue weighted by Crippen LogP contribution is 2.19. The van der Waals surface area contributed by atoms with Crippen molar-refractivity contribution >= 4 is 23.4 Å².